The summed E-state index contributed by atoms with van der Waals surface area (Å²) < 4.78 is 43.4. The third-order valence-corrected chi connectivity index (χ3v) is 3.51. The van der Waals surface area contributed by atoms with Crippen LogP contribution in [0.4, 0.5) is 18.9 Å². The Morgan fingerprint density at radius 1 is 1.33 bits per heavy atom. The maximum absolute atomic E-state index is 12.7. The topological polar surface area (TPSA) is 64.4 Å². The predicted molar refractivity (Wildman–Crippen MR) is 71.7 cm³/mol. The number of hydrogen-bond donors (Lipinski definition) is 2. The highest BCUT2D eigenvalue weighted by Crippen LogP contribution is 2.34. The second kappa shape index (κ2) is 6.34. The third kappa shape index (κ3) is 4.10. The molecule has 1 aliphatic rings. The number of carbonyl (C=O) groups excluding carboxylic acids is 1. The van der Waals surface area contributed by atoms with Crippen LogP contribution < -0.4 is 11.1 Å². The van der Waals surface area contributed by atoms with E-state index in [0.717, 1.165) is 25.0 Å². The zero-order chi connectivity index (χ0) is 15.5. The first-order valence-corrected chi connectivity index (χ1v) is 6.70. The lowest BCUT2D eigenvalue weighted by Crippen LogP contribution is -2.32. The van der Waals surface area contributed by atoms with Gasteiger partial charge in [-0.15, -0.1) is 0 Å². The van der Waals surface area contributed by atoms with E-state index in [2.05, 4.69) is 5.32 Å². The van der Waals surface area contributed by atoms with Gasteiger partial charge in [-0.1, -0.05) is 0 Å². The van der Waals surface area contributed by atoms with Gasteiger partial charge in [-0.3, -0.25) is 4.79 Å². The van der Waals surface area contributed by atoms with Crippen molar-refractivity contribution in [1.82, 2.24) is 5.32 Å². The number of anilines is 1. The predicted octanol–water partition coefficient (Wildman–Crippen LogP) is 2.44. The van der Waals surface area contributed by atoms with Gasteiger partial charge in [0.25, 0.3) is 5.91 Å². The van der Waals surface area contributed by atoms with Crippen LogP contribution in [0.15, 0.2) is 18.2 Å². The summed E-state index contributed by atoms with van der Waals surface area (Å²) >= 11 is 0. The Kier molecular flexibility index (Phi) is 4.72. The van der Waals surface area contributed by atoms with Crippen molar-refractivity contribution in [3.63, 3.8) is 0 Å². The zero-order valence-corrected chi connectivity index (χ0v) is 11.4. The molecule has 1 aromatic rings. The molecule has 4 nitrogen and oxygen atoms in total. The number of alkyl halides is 3. The van der Waals surface area contributed by atoms with Gasteiger partial charge in [-0.2, -0.15) is 13.2 Å². The average Bonchev–Trinajstić information content (AvgIpc) is 2.45. The monoisotopic (exact) mass is 302 g/mol. The highest BCUT2D eigenvalue weighted by molar-refractivity contribution is 5.94. The molecule has 0 spiro atoms. The molecule has 0 bridgehead atoms. The Hall–Kier alpha value is -1.76. The van der Waals surface area contributed by atoms with Gasteiger partial charge in [0, 0.05) is 31.0 Å². The lowest BCUT2D eigenvalue weighted by atomic mass is 10.00. The highest BCUT2D eigenvalue weighted by Gasteiger charge is 2.33. The molecule has 1 aromatic carbocycles. The second-order valence-electron chi connectivity index (χ2n) is 5.07. The Morgan fingerprint density at radius 3 is 2.62 bits per heavy atom. The Morgan fingerprint density at radius 2 is 2.00 bits per heavy atom. The molecule has 0 radical (unpaired) electrons. The van der Waals surface area contributed by atoms with Gasteiger partial charge in [0.1, 0.15) is 0 Å². The van der Waals surface area contributed by atoms with Crippen molar-refractivity contribution in [2.45, 2.75) is 19.0 Å². The third-order valence-electron chi connectivity index (χ3n) is 3.51. The number of amides is 1. The maximum atomic E-state index is 12.7. The van der Waals surface area contributed by atoms with E-state index in [-0.39, 0.29) is 11.3 Å². The summed E-state index contributed by atoms with van der Waals surface area (Å²) in [5, 5.41) is 2.66. The fourth-order valence-corrected chi connectivity index (χ4v) is 2.23. The van der Waals surface area contributed by atoms with Crippen molar-refractivity contribution < 1.29 is 22.7 Å². The minimum Gasteiger partial charge on any atom is -0.398 e. The van der Waals surface area contributed by atoms with Crippen LogP contribution in [-0.2, 0) is 10.9 Å². The van der Waals surface area contributed by atoms with Crippen molar-refractivity contribution in [2.24, 2.45) is 5.92 Å². The minimum atomic E-state index is -4.57. The first-order chi connectivity index (χ1) is 9.88. The minimum absolute atomic E-state index is 0.0383. The lowest BCUT2D eigenvalue weighted by molar-refractivity contribution is -0.136. The zero-order valence-electron chi connectivity index (χ0n) is 11.4. The molecule has 0 unspecified atom stereocenters. The summed E-state index contributed by atoms with van der Waals surface area (Å²) in [7, 11) is 0. The first kappa shape index (κ1) is 15.6. The quantitative estimate of drug-likeness (QED) is 0.843. The van der Waals surface area contributed by atoms with E-state index >= 15 is 0 Å². The Balaban J connectivity index is 2.02. The van der Waals surface area contributed by atoms with E-state index in [1.165, 1.54) is 6.07 Å². The number of nitrogens with two attached hydrogens (primary N) is 1. The van der Waals surface area contributed by atoms with Crippen LogP contribution in [0.1, 0.15) is 28.8 Å². The molecule has 0 aliphatic carbocycles. The molecule has 0 atom stereocenters. The molecule has 21 heavy (non-hydrogen) atoms. The summed E-state index contributed by atoms with van der Waals surface area (Å²) in [5.74, 6) is -0.217. The summed E-state index contributed by atoms with van der Waals surface area (Å²) in [4.78, 5) is 11.9. The number of benzene rings is 1. The molecular formula is C14H17F3N2O2. The summed E-state index contributed by atoms with van der Waals surface area (Å²) in [6.45, 7) is 1.75. The molecule has 1 heterocycles. The summed E-state index contributed by atoms with van der Waals surface area (Å²) in [5.41, 5.74) is 3.89. The van der Waals surface area contributed by atoms with Gasteiger partial charge in [0.2, 0.25) is 0 Å². The van der Waals surface area contributed by atoms with E-state index in [0.29, 0.717) is 25.7 Å². The number of ether oxygens (including phenoxy) is 1. The molecule has 116 valence electrons. The first-order valence-electron chi connectivity index (χ1n) is 6.70. The van der Waals surface area contributed by atoms with Gasteiger partial charge < -0.3 is 15.8 Å². The number of nitrogen functional groups attached to an aromatic ring is 1. The second-order valence-corrected chi connectivity index (χ2v) is 5.07. The number of hydrogen-bond acceptors (Lipinski definition) is 3. The number of carbonyl (C=O) groups is 1. The fraction of sp³-hybridized carbons (Fsp3) is 0.500. The molecule has 7 heteroatoms. The van der Waals surface area contributed by atoms with Gasteiger partial charge in [-0.25, -0.2) is 0 Å². The SMILES string of the molecule is Nc1ccc(C(=O)NCC2CCOCC2)cc1C(F)(F)F. The number of nitrogens with one attached hydrogen (secondary N) is 1. The van der Waals surface area contributed by atoms with Gasteiger partial charge in [0.05, 0.1) is 5.56 Å². The Labute approximate surface area is 120 Å². The molecule has 1 amide bonds. The van der Waals surface area contributed by atoms with E-state index in [1.54, 1.807) is 0 Å². The standard InChI is InChI=1S/C14H17F3N2O2/c15-14(16,17)11-7-10(1-2-12(11)18)13(20)19-8-9-3-5-21-6-4-9/h1-2,7,9H,3-6,8,18H2,(H,19,20). The van der Waals surface area contributed by atoms with Crippen LogP contribution in [0.25, 0.3) is 0 Å². The van der Waals surface area contributed by atoms with Crippen LogP contribution in [0.5, 0.6) is 0 Å². The van der Waals surface area contributed by atoms with E-state index in [9.17, 15) is 18.0 Å². The number of halogens is 3. The molecule has 0 saturated carbocycles. The normalized spacial score (nSPS) is 16.7. The Bertz CT molecular complexity index is 511. The van der Waals surface area contributed by atoms with E-state index < -0.39 is 17.6 Å². The summed E-state index contributed by atoms with van der Waals surface area (Å²) in [6.07, 6.45) is -2.88. The van der Waals surface area contributed by atoms with Crippen molar-refractivity contribution in [2.75, 3.05) is 25.5 Å². The van der Waals surface area contributed by atoms with Gasteiger partial charge in [0.15, 0.2) is 0 Å². The fourth-order valence-electron chi connectivity index (χ4n) is 2.23. The van der Waals surface area contributed by atoms with Crippen molar-refractivity contribution >= 4 is 11.6 Å². The smallest absolute Gasteiger partial charge is 0.398 e. The van der Waals surface area contributed by atoms with Crippen molar-refractivity contribution in [1.29, 1.82) is 0 Å². The van der Waals surface area contributed by atoms with Crippen LogP contribution in [-0.4, -0.2) is 25.7 Å². The highest BCUT2D eigenvalue weighted by atomic mass is 19.4. The molecule has 1 fully saturated rings. The van der Waals surface area contributed by atoms with Crippen LogP contribution in [0, 0.1) is 5.92 Å². The van der Waals surface area contributed by atoms with Gasteiger partial charge >= 0.3 is 6.18 Å². The van der Waals surface area contributed by atoms with Crippen LogP contribution in [0.3, 0.4) is 0 Å². The van der Waals surface area contributed by atoms with Crippen molar-refractivity contribution in [3.8, 4) is 0 Å². The molecule has 0 aromatic heterocycles. The lowest BCUT2D eigenvalue weighted by Gasteiger charge is -2.22. The molecule has 2 rings (SSSR count). The molecule has 3 N–H and O–H groups in total. The molecule has 1 aliphatic heterocycles. The maximum Gasteiger partial charge on any atom is 0.418 e. The van der Waals surface area contributed by atoms with Crippen molar-refractivity contribution in [3.05, 3.63) is 29.3 Å². The van der Waals surface area contributed by atoms with Gasteiger partial charge in [-0.05, 0) is 37.0 Å². The van der Waals surface area contributed by atoms with E-state index in [1.807, 2.05) is 0 Å². The van der Waals surface area contributed by atoms with E-state index in [4.69, 9.17) is 10.5 Å². The number of rotatable bonds is 3. The van der Waals surface area contributed by atoms with Crippen LogP contribution in [0.2, 0.25) is 0 Å². The average molecular weight is 302 g/mol. The summed E-state index contributed by atoms with van der Waals surface area (Å²) in [6, 6.07) is 3.19. The van der Waals surface area contributed by atoms with Crippen LogP contribution >= 0.6 is 0 Å². The molecular weight excluding hydrogens is 285 g/mol. The largest absolute Gasteiger partial charge is 0.418 e. The molecule has 1 saturated heterocycles.